The molecule has 0 amide bonds. The van der Waals surface area contributed by atoms with Gasteiger partial charge < -0.3 is 4.74 Å². The zero-order valence-electron chi connectivity index (χ0n) is 13.6. The van der Waals surface area contributed by atoms with Crippen molar-refractivity contribution in [2.45, 2.75) is 20.5 Å². The fourth-order valence-electron chi connectivity index (χ4n) is 2.69. The van der Waals surface area contributed by atoms with Crippen molar-refractivity contribution in [2.24, 2.45) is 0 Å². The van der Waals surface area contributed by atoms with Crippen molar-refractivity contribution >= 4 is 38.8 Å². The molecule has 0 radical (unpaired) electrons. The summed E-state index contributed by atoms with van der Waals surface area (Å²) in [5, 5.41) is 6.34. The first kappa shape index (κ1) is 16.1. The Hall–Kier alpha value is -2.44. The van der Waals surface area contributed by atoms with E-state index in [1.165, 1.54) is 15.9 Å². The second kappa shape index (κ2) is 6.13. The fourth-order valence-corrected chi connectivity index (χ4v) is 3.60. The van der Waals surface area contributed by atoms with Crippen molar-refractivity contribution in [1.82, 2.24) is 14.6 Å². The first-order valence-corrected chi connectivity index (χ1v) is 8.89. The molecule has 2 aromatic heterocycles. The van der Waals surface area contributed by atoms with E-state index in [9.17, 15) is 4.79 Å². The minimum atomic E-state index is -0.165. The molecule has 2 heterocycles. The molecule has 4 rings (SSSR count). The number of hydrogen-bond acceptors (Lipinski definition) is 5. The zero-order chi connectivity index (χ0) is 17.6. The van der Waals surface area contributed by atoms with Gasteiger partial charge in [-0.2, -0.15) is 9.61 Å². The molecule has 0 aliphatic rings. The predicted octanol–water partition coefficient (Wildman–Crippen LogP) is 4.15. The Morgan fingerprint density at radius 3 is 2.68 bits per heavy atom. The standard InChI is InChI=1S/C18H14ClN3O2S/c1-10-7-12(8-11(2)16(10)19)24-9-15-21-22-17(23)13-5-3-4-6-14(13)20-18(22)25-15/h3-8H,9H2,1-2H3. The van der Waals surface area contributed by atoms with E-state index in [1.54, 1.807) is 6.07 Å². The van der Waals surface area contributed by atoms with Crippen LogP contribution >= 0.6 is 22.9 Å². The molecule has 0 saturated carbocycles. The van der Waals surface area contributed by atoms with Gasteiger partial charge in [0.25, 0.3) is 5.56 Å². The van der Waals surface area contributed by atoms with Gasteiger partial charge in [0.15, 0.2) is 5.01 Å². The number of ether oxygens (including phenoxy) is 1. The van der Waals surface area contributed by atoms with Crippen LogP contribution < -0.4 is 10.3 Å². The molecule has 0 atom stereocenters. The first-order chi connectivity index (χ1) is 12.0. The van der Waals surface area contributed by atoms with Crippen LogP contribution in [0, 0.1) is 13.8 Å². The van der Waals surface area contributed by atoms with Gasteiger partial charge in [0.1, 0.15) is 12.4 Å². The summed E-state index contributed by atoms with van der Waals surface area (Å²) in [4.78, 5) is 17.6. The van der Waals surface area contributed by atoms with Crippen LogP contribution in [0.25, 0.3) is 15.9 Å². The number of fused-ring (bicyclic) bond motifs is 2. The molecule has 126 valence electrons. The van der Waals surface area contributed by atoms with Gasteiger partial charge in [0.05, 0.1) is 10.9 Å². The first-order valence-electron chi connectivity index (χ1n) is 7.70. The fraction of sp³-hybridized carbons (Fsp3) is 0.167. The summed E-state index contributed by atoms with van der Waals surface area (Å²) >= 11 is 7.52. The molecule has 0 aliphatic heterocycles. The van der Waals surface area contributed by atoms with Gasteiger partial charge in [0, 0.05) is 5.02 Å². The average Bonchev–Trinajstić information content (AvgIpc) is 3.01. The van der Waals surface area contributed by atoms with Gasteiger partial charge in [-0.15, -0.1) is 0 Å². The molecule has 4 aromatic rings. The second-order valence-corrected chi connectivity index (χ2v) is 7.20. The van der Waals surface area contributed by atoms with Gasteiger partial charge in [-0.25, -0.2) is 4.98 Å². The summed E-state index contributed by atoms with van der Waals surface area (Å²) in [7, 11) is 0. The van der Waals surface area contributed by atoms with Crippen LogP contribution in [0.5, 0.6) is 5.75 Å². The second-order valence-electron chi connectivity index (χ2n) is 5.78. The lowest BCUT2D eigenvalue weighted by Crippen LogP contribution is -2.15. The summed E-state index contributed by atoms with van der Waals surface area (Å²) in [6, 6.07) is 11.0. The third kappa shape index (κ3) is 2.88. The van der Waals surface area contributed by atoms with E-state index in [4.69, 9.17) is 16.3 Å². The predicted molar refractivity (Wildman–Crippen MR) is 99.9 cm³/mol. The SMILES string of the molecule is Cc1cc(OCc2nn3c(=O)c4ccccc4nc3s2)cc(C)c1Cl. The number of halogens is 1. The Morgan fingerprint density at radius 2 is 1.92 bits per heavy atom. The Balaban J connectivity index is 1.67. The largest absolute Gasteiger partial charge is 0.486 e. The molecule has 7 heteroatoms. The van der Waals surface area contributed by atoms with Gasteiger partial charge >= 0.3 is 0 Å². The van der Waals surface area contributed by atoms with Crippen molar-refractivity contribution < 1.29 is 4.74 Å². The normalized spacial score (nSPS) is 11.3. The molecular formula is C18H14ClN3O2S. The molecule has 0 unspecified atom stereocenters. The van der Waals surface area contributed by atoms with Crippen LogP contribution in [-0.2, 0) is 6.61 Å². The van der Waals surface area contributed by atoms with E-state index in [1.807, 2.05) is 44.2 Å². The maximum Gasteiger partial charge on any atom is 0.283 e. The lowest BCUT2D eigenvalue weighted by atomic mass is 10.1. The molecule has 0 spiro atoms. The topological polar surface area (TPSA) is 56.5 Å². The van der Waals surface area contributed by atoms with Crippen LogP contribution in [0.2, 0.25) is 5.02 Å². The van der Waals surface area contributed by atoms with Crippen LogP contribution in [0.4, 0.5) is 0 Å². The van der Waals surface area contributed by atoms with Crippen molar-refractivity contribution in [3.8, 4) is 5.75 Å². The van der Waals surface area contributed by atoms with Gasteiger partial charge in [-0.3, -0.25) is 4.79 Å². The molecule has 0 bridgehead atoms. The van der Waals surface area contributed by atoms with Gasteiger partial charge in [-0.05, 0) is 49.2 Å². The Labute approximate surface area is 152 Å². The Morgan fingerprint density at radius 1 is 1.20 bits per heavy atom. The lowest BCUT2D eigenvalue weighted by Gasteiger charge is -2.08. The number of rotatable bonds is 3. The molecule has 25 heavy (non-hydrogen) atoms. The van der Waals surface area contributed by atoms with Crippen LogP contribution in [0.1, 0.15) is 16.1 Å². The number of para-hydroxylation sites is 1. The van der Waals surface area contributed by atoms with Crippen molar-refractivity contribution in [3.63, 3.8) is 0 Å². The molecule has 0 fully saturated rings. The van der Waals surface area contributed by atoms with Crippen molar-refractivity contribution in [3.05, 3.63) is 67.9 Å². The van der Waals surface area contributed by atoms with E-state index in [2.05, 4.69) is 10.1 Å². The summed E-state index contributed by atoms with van der Waals surface area (Å²) in [6.07, 6.45) is 0. The van der Waals surface area contributed by atoms with Gasteiger partial charge in [-0.1, -0.05) is 35.1 Å². The van der Waals surface area contributed by atoms with Crippen LogP contribution in [0.15, 0.2) is 41.2 Å². The lowest BCUT2D eigenvalue weighted by molar-refractivity contribution is 0.303. The highest BCUT2D eigenvalue weighted by atomic mass is 35.5. The van der Waals surface area contributed by atoms with Crippen LogP contribution in [0.3, 0.4) is 0 Å². The maximum absolute atomic E-state index is 12.5. The van der Waals surface area contributed by atoms with Crippen molar-refractivity contribution in [2.75, 3.05) is 0 Å². The van der Waals surface area contributed by atoms with E-state index >= 15 is 0 Å². The quantitative estimate of drug-likeness (QED) is 0.542. The van der Waals surface area contributed by atoms with Crippen molar-refractivity contribution in [1.29, 1.82) is 0 Å². The summed E-state index contributed by atoms with van der Waals surface area (Å²) in [6.45, 7) is 4.15. The summed E-state index contributed by atoms with van der Waals surface area (Å²) < 4.78 is 7.16. The Bertz CT molecular complexity index is 1140. The number of hydrogen-bond donors (Lipinski definition) is 0. The van der Waals surface area contributed by atoms with Crippen LogP contribution in [-0.4, -0.2) is 14.6 Å². The van der Waals surface area contributed by atoms with E-state index < -0.39 is 0 Å². The highest BCUT2D eigenvalue weighted by Gasteiger charge is 2.11. The molecule has 0 N–H and O–H groups in total. The number of benzene rings is 2. The summed E-state index contributed by atoms with van der Waals surface area (Å²) in [5.74, 6) is 0.726. The number of aromatic nitrogens is 3. The molecule has 0 saturated heterocycles. The molecule has 5 nitrogen and oxygen atoms in total. The number of aryl methyl sites for hydroxylation is 2. The monoisotopic (exact) mass is 371 g/mol. The third-order valence-corrected chi connectivity index (χ3v) is 5.40. The smallest absolute Gasteiger partial charge is 0.283 e. The molecule has 2 aromatic carbocycles. The summed E-state index contributed by atoms with van der Waals surface area (Å²) in [5.41, 5.74) is 2.43. The van der Waals surface area contributed by atoms with E-state index in [-0.39, 0.29) is 12.2 Å². The Kier molecular flexibility index (Phi) is 3.94. The minimum Gasteiger partial charge on any atom is -0.486 e. The third-order valence-electron chi connectivity index (χ3n) is 3.92. The maximum atomic E-state index is 12.5. The molecule has 0 aliphatic carbocycles. The minimum absolute atomic E-state index is 0.165. The van der Waals surface area contributed by atoms with E-state index in [0.29, 0.717) is 20.9 Å². The highest BCUT2D eigenvalue weighted by Crippen LogP contribution is 2.26. The van der Waals surface area contributed by atoms with Gasteiger partial charge in [0.2, 0.25) is 4.96 Å². The van der Waals surface area contributed by atoms with E-state index in [0.717, 1.165) is 21.9 Å². The average molecular weight is 372 g/mol. The highest BCUT2D eigenvalue weighted by molar-refractivity contribution is 7.16. The number of nitrogens with zero attached hydrogens (tertiary/aromatic N) is 3. The molecular weight excluding hydrogens is 358 g/mol. The zero-order valence-corrected chi connectivity index (χ0v) is 15.2.